The minimum atomic E-state index is -0.343. The zero-order chi connectivity index (χ0) is 19.5. The van der Waals surface area contributed by atoms with Gasteiger partial charge in [0.15, 0.2) is 5.65 Å². The average Bonchev–Trinajstić information content (AvgIpc) is 3.38. The van der Waals surface area contributed by atoms with Crippen molar-refractivity contribution in [1.82, 2.24) is 19.6 Å². The summed E-state index contributed by atoms with van der Waals surface area (Å²) in [5.41, 5.74) is 2.85. The lowest BCUT2D eigenvalue weighted by atomic mass is 10.1. The smallest absolute Gasteiger partial charge is 0.338 e. The molecule has 0 aliphatic rings. The second-order valence-corrected chi connectivity index (χ2v) is 6.48. The Kier molecular flexibility index (Phi) is 4.76. The maximum atomic E-state index is 12.0. The number of anilines is 1. The molecule has 3 heterocycles. The largest absolute Gasteiger partial charge is 0.467 e. The van der Waals surface area contributed by atoms with Crippen LogP contribution in [0.25, 0.3) is 16.8 Å². The van der Waals surface area contributed by atoms with E-state index in [1.807, 2.05) is 38.1 Å². The van der Waals surface area contributed by atoms with Crippen molar-refractivity contribution >= 4 is 17.6 Å². The summed E-state index contributed by atoms with van der Waals surface area (Å²) in [6.45, 7) is 4.14. The van der Waals surface area contributed by atoms with E-state index in [2.05, 4.69) is 20.5 Å². The molecule has 142 valence electrons. The van der Waals surface area contributed by atoms with E-state index in [1.165, 1.54) is 0 Å². The molecule has 3 aromatic heterocycles. The maximum absolute atomic E-state index is 12.0. The van der Waals surface area contributed by atoms with Gasteiger partial charge in [-0.05, 0) is 43.7 Å². The van der Waals surface area contributed by atoms with E-state index in [0.29, 0.717) is 23.7 Å². The predicted octanol–water partition coefficient (Wildman–Crippen LogP) is 3.56. The molecular formula is C20H19N5O3. The van der Waals surface area contributed by atoms with Gasteiger partial charge >= 0.3 is 5.97 Å². The van der Waals surface area contributed by atoms with Gasteiger partial charge in [0.2, 0.25) is 5.95 Å². The van der Waals surface area contributed by atoms with Crippen LogP contribution in [0.1, 0.15) is 30.0 Å². The van der Waals surface area contributed by atoms with Crippen LogP contribution in [0.5, 0.6) is 0 Å². The number of hydrogen-bond donors (Lipinski definition) is 1. The molecule has 1 N–H and O–H groups in total. The van der Waals surface area contributed by atoms with Gasteiger partial charge in [0, 0.05) is 11.8 Å². The highest BCUT2D eigenvalue weighted by molar-refractivity contribution is 5.90. The molecule has 0 spiro atoms. The highest BCUT2D eigenvalue weighted by Crippen LogP contribution is 2.25. The summed E-state index contributed by atoms with van der Waals surface area (Å²) in [6.07, 6.45) is 4.80. The second-order valence-electron chi connectivity index (χ2n) is 6.48. The number of carbonyl (C=O) groups excluding carboxylic acids is 1. The molecule has 0 fully saturated rings. The number of benzene rings is 1. The van der Waals surface area contributed by atoms with Crippen LogP contribution >= 0.6 is 0 Å². The number of hydrogen-bond acceptors (Lipinski definition) is 7. The molecule has 28 heavy (non-hydrogen) atoms. The maximum Gasteiger partial charge on any atom is 0.338 e. The molecule has 0 aliphatic heterocycles. The lowest BCUT2D eigenvalue weighted by Crippen LogP contribution is -2.11. The summed E-state index contributed by atoms with van der Waals surface area (Å²) in [6, 6.07) is 10.9. The molecule has 0 amide bonds. The summed E-state index contributed by atoms with van der Waals surface area (Å²) in [5.74, 6) is 1.07. The lowest BCUT2D eigenvalue weighted by Gasteiger charge is -2.10. The van der Waals surface area contributed by atoms with Crippen LogP contribution in [0, 0.1) is 0 Å². The summed E-state index contributed by atoms with van der Waals surface area (Å²) < 4.78 is 12.3. The van der Waals surface area contributed by atoms with E-state index in [0.717, 1.165) is 16.9 Å². The van der Waals surface area contributed by atoms with Crippen molar-refractivity contribution in [2.24, 2.45) is 0 Å². The fourth-order valence-corrected chi connectivity index (χ4v) is 2.80. The summed E-state index contributed by atoms with van der Waals surface area (Å²) >= 11 is 0. The van der Waals surface area contributed by atoms with E-state index in [1.54, 1.807) is 35.3 Å². The molecule has 4 rings (SSSR count). The Bertz CT molecular complexity index is 1080. The molecule has 0 saturated carbocycles. The third kappa shape index (κ3) is 3.57. The topological polar surface area (TPSA) is 94.5 Å². The number of esters is 1. The first-order valence-corrected chi connectivity index (χ1v) is 8.88. The van der Waals surface area contributed by atoms with Crippen LogP contribution in [0.4, 0.5) is 5.95 Å². The lowest BCUT2D eigenvalue weighted by molar-refractivity contribution is 0.0378. The Morgan fingerprint density at radius 1 is 1.25 bits per heavy atom. The van der Waals surface area contributed by atoms with Crippen molar-refractivity contribution in [3.05, 3.63) is 66.5 Å². The van der Waals surface area contributed by atoms with Gasteiger partial charge in [-0.1, -0.05) is 12.1 Å². The van der Waals surface area contributed by atoms with E-state index in [4.69, 9.17) is 9.15 Å². The Morgan fingerprint density at radius 3 is 2.79 bits per heavy atom. The molecular weight excluding hydrogens is 358 g/mol. The first kappa shape index (κ1) is 17.7. The standard InChI is InChI=1S/C20H19N5O3/c1-13(2)28-19(26)15-7-5-14(6-8-15)17-11-22-20(25-12-23-24-18(17)25)21-10-16-4-3-9-27-16/h3-9,11-13H,10H2,1-2H3,(H,21,22). The summed E-state index contributed by atoms with van der Waals surface area (Å²) in [5, 5.41) is 11.4. The van der Waals surface area contributed by atoms with Crippen LogP contribution in [-0.2, 0) is 11.3 Å². The van der Waals surface area contributed by atoms with Gasteiger partial charge in [0.05, 0.1) is 24.5 Å². The average molecular weight is 377 g/mol. The number of aromatic nitrogens is 4. The fraction of sp³-hybridized carbons (Fsp3) is 0.200. The molecule has 1 aromatic carbocycles. The van der Waals surface area contributed by atoms with Crippen LogP contribution < -0.4 is 5.32 Å². The normalized spacial score (nSPS) is 11.1. The highest BCUT2D eigenvalue weighted by Gasteiger charge is 2.13. The quantitative estimate of drug-likeness (QED) is 0.513. The molecule has 0 radical (unpaired) electrons. The third-order valence-electron chi connectivity index (χ3n) is 4.11. The molecule has 0 unspecified atom stereocenters. The van der Waals surface area contributed by atoms with Gasteiger partial charge in [-0.2, -0.15) is 0 Å². The van der Waals surface area contributed by atoms with Crippen LogP contribution in [0.15, 0.2) is 59.6 Å². The van der Waals surface area contributed by atoms with Gasteiger partial charge in [-0.25, -0.2) is 9.78 Å². The van der Waals surface area contributed by atoms with Crippen molar-refractivity contribution in [2.45, 2.75) is 26.5 Å². The van der Waals surface area contributed by atoms with Crippen LogP contribution in [0.3, 0.4) is 0 Å². The number of nitrogens with zero attached hydrogens (tertiary/aromatic N) is 4. The fourth-order valence-electron chi connectivity index (χ4n) is 2.80. The van der Waals surface area contributed by atoms with E-state index in [-0.39, 0.29) is 12.1 Å². The zero-order valence-corrected chi connectivity index (χ0v) is 15.5. The predicted molar refractivity (Wildman–Crippen MR) is 103 cm³/mol. The number of ether oxygens (including phenoxy) is 1. The minimum Gasteiger partial charge on any atom is -0.467 e. The van der Waals surface area contributed by atoms with Gasteiger partial charge in [-0.15, -0.1) is 10.2 Å². The third-order valence-corrected chi connectivity index (χ3v) is 4.11. The molecule has 0 bridgehead atoms. The van der Waals surface area contributed by atoms with Gasteiger partial charge in [0.25, 0.3) is 0 Å². The van der Waals surface area contributed by atoms with Crippen LogP contribution in [0.2, 0.25) is 0 Å². The number of rotatable bonds is 6. The summed E-state index contributed by atoms with van der Waals surface area (Å²) in [7, 11) is 0. The Hall–Kier alpha value is -3.68. The van der Waals surface area contributed by atoms with Gasteiger partial charge in [0.1, 0.15) is 12.1 Å². The Morgan fingerprint density at radius 2 is 2.07 bits per heavy atom. The Balaban J connectivity index is 1.60. The van der Waals surface area contributed by atoms with Crippen molar-refractivity contribution in [1.29, 1.82) is 0 Å². The highest BCUT2D eigenvalue weighted by atomic mass is 16.5. The number of nitrogens with one attached hydrogen (secondary N) is 1. The summed E-state index contributed by atoms with van der Waals surface area (Å²) in [4.78, 5) is 16.5. The number of carbonyl (C=O) groups is 1. The van der Waals surface area contributed by atoms with Gasteiger partial charge in [-0.3, -0.25) is 4.40 Å². The number of furan rings is 1. The first-order chi connectivity index (χ1) is 13.6. The first-order valence-electron chi connectivity index (χ1n) is 8.88. The van der Waals surface area contributed by atoms with Crippen LogP contribution in [-0.4, -0.2) is 31.7 Å². The Labute approximate surface area is 161 Å². The van der Waals surface area contributed by atoms with Crippen molar-refractivity contribution in [2.75, 3.05) is 5.32 Å². The molecule has 8 nitrogen and oxygen atoms in total. The van der Waals surface area contributed by atoms with E-state index < -0.39 is 0 Å². The van der Waals surface area contributed by atoms with Crippen molar-refractivity contribution in [3.8, 4) is 11.1 Å². The van der Waals surface area contributed by atoms with E-state index in [9.17, 15) is 4.79 Å². The molecule has 4 aromatic rings. The SMILES string of the molecule is CC(C)OC(=O)c1ccc(-c2cnc(NCc3ccco3)n3cnnc23)cc1. The van der Waals surface area contributed by atoms with Crippen molar-refractivity contribution < 1.29 is 13.9 Å². The van der Waals surface area contributed by atoms with Crippen molar-refractivity contribution in [3.63, 3.8) is 0 Å². The van der Waals surface area contributed by atoms with Gasteiger partial charge < -0.3 is 14.5 Å². The second kappa shape index (κ2) is 7.51. The zero-order valence-electron chi connectivity index (χ0n) is 15.5. The monoisotopic (exact) mass is 377 g/mol. The molecule has 0 aliphatic carbocycles. The molecule has 8 heteroatoms. The molecule has 0 saturated heterocycles. The minimum absolute atomic E-state index is 0.159. The molecule has 0 atom stereocenters. The van der Waals surface area contributed by atoms with E-state index >= 15 is 0 Å². The number of fused-ring (bicyclic) bond motifs is 1.